The molecule has 0 aliphatic carbocycles. The van der Waals surface area contributed by atoms with Crippen LogP contribution in [0, 0.1) is 5.92 Å². The van der Waals surface area contributed by atoms with E-state index in [-0.39, 0.29) is 0 Å². The van der Waals surface area contributed by atoms with Gasteiger partial charge in [0.2, 0.25) is 0 Å². The summed E-state index contributed by atoms with van der Waals surface area (Å²) in [6.45, 7) is 5.38. The van der Waals surface area contributed by atoms with Gasteiger partial charge in [0.05, 0.1) is 5.52 Å². The van der Waals surface area contributed by atoms with Crippen molar-refractivity contribution in [3.63, 3.8) is 0 Å². The average molecular weight is 320 g/mol. The molecule has 124 valence electrons. The summed E-state index contributed by atoms with van der Waals surface area (Å²) in [5.41, 5.74) is 4.44. The number of aromatic nitrogens is 2. The van der Waals surface area contributed by atoms with E-state index in [4.69, 9.17) is 0 Å². The first-order chi connectivity index (χ1) is 11.7. The zero-order valence-electron chi connectivity index (χ0n) is 14.5. The predicted octanol–water partition coefficient (Wildman–Crippen LogP) is 4.80. The van der Waals surface area contributed by atoms with Crippen LogP contribution in [0.1, 0.15) is 20.3 Å². The summed E-state index contributed by atoms with van der Waals surface area (Å²) in [6.07, 6.45) is 2.75. The monoisotopic (exact) mass is 320 g/mol. The minimum absolute atomic E-state index is 0.673. The van der Waals surface area contributed by atoms with Gasteiger partial charge in [-0.05, 0) is 47.7 Å². The molecule has 4 nitrogen and oxygen atoms in total. The molecule has 1 aromatic heterocycles. The maximum absolute atomic E-state index is 4.43. The fourth-order valence-electron chi connectivity index (χ4n) is 2.69. The number of fused-ring (bicyclic) bond motifs is 1. The Balaban J connectivity index is 1.93. The molecule has 0 spiro atoms. The molecule has 0 saturated carbocycles. The molecule has 2 aromatic carbocycles. The molecule has 2 N–H and O–H groups in total. The molecule has 3 aromatic rings. The van der Waals surface area contributed by atoms with Crippen molar-refractivity contribution in [2.75, 3.05) is 24.2 Å². The summed E-state index contributed by atoms with van der Waals surface area (Å²) in [7, 11) is 1.93. The van der Waals surface area contributed by atoms with Crippen LogP contribution in [-0.2, 0) is 0 Å². The highest BCUT2D eigenvalue weighted by Gasteiger charge is 2.06. The standard InChI is InChI=1S/C20H24N4/c1-14(2)10-11-22-20-18-12-16(6-9-19(18)23-13-24-20)15-4-7-17(21-3)8-5-15/h4-9,12-14,21H,10-11H2,1-3H3,(H,22,23,24). The minimum atomic E-state index is 0.673. The molecule has 4 heteroatoms. The van der Waals surface area contributed by atoms with Crippen molar-refractivity contribution in [3.8, 4) is 11.1 Å². The molecule has 24 heavy (non-hydrogen) atoms. The number of anilines is 2. The van der Waals surface area contributed by atoms with Crippen LogP contribution in [0.5, 0.6) is 0 Å². The number of hydrogen-bond acceptors (Lipinski definition) is 4. The highest BCUT2D eigenvalue weighted by atomic mass is 15.0. The average Bonchev–Trinajstić information content (AvgIpc) is 2.61. The Morgan fingerprint density at radius 2 is 1.71 bits per heavy atom. The van der Waals surface area contributed by atoms with E-state index in [2.05, 4.69) is 76.9 Å². The normalized spacial score (nSPS) is 11.0. The van der Waals surface area contributed by atoms with Gasteiger partial charge in [0.25, 0.3) is 0 Å². The summed E-state index contributed by atoms with van der Waals surface area (Å²) >= 11 is 0. The van der Waals surface area contributed by atoms with Crippen molar-refractivity contribution >= 4 is 22.4 Å². The van der Waals surface area contributed by atoms with Gasteiger partial charge in [-0.3, -0.25) is 0 Å². The molecule has 0 fully saturated rings. The van der Waals surface area contributed by atoms with E-state index in [1.807, 2.05) is 7.05 Å². The lowest BCUT2D eigenvalue weighted by molar-refractivity contribution is 0.607. The van der Waals surface area contributed by atoms with E-state index in [1.165, 1.54) is 11.1 Å². The molecule has 0 amide bonds. The molecular weight excluding hydrogens is 296 g/mol. The van der Waals surface area contributed by atoms with E-state index in [1.54, 1.807) is 6.33 Å². The molecule has 0 atom stereocenters. The Hall–Kier alpha value is -2.62. The zero-order valence-corrected chi connectivity index (χ0v) is 14.5. The largest absolute Gasteiger partial charge is 0.388 e. The fraction of sp³-hybridized carbons (Fsp3) is 0.300. The molecule has 0 aliphatic rings. The van der Waals surface area contributed by atoms with Crippen LogP contribution in [0.3, 0.4) is 0 Å². The summed E-state index contributed by atoms with van der Waals surface area (Å²) in [4.78, 5) is 8.82. The van der Waals surface area contributed by atoms with Gasteiger partial charge in [-0.15, -0.1) is 0 Å². The zero-order chi connectivity index (χ0) is 16.9. The molecule has 0 bridgehead atoms. The second-order valence-electron chi connectivity index (χ2n) is 6.39. The highest BCUT2D eigenvalue weighted by molar-refractivity contribution is 5.92. The van der Waals surface area contributed by atoms with Gasteiger partial charge in [0.1, 0.15) is 12.1 Å². The summed E-state index contributed by atoms with van der Waals surface area (Å²) in [5, 5.41) is 7.67. The lowest BCUT2D eigenvalue weighted by atomic mass is 10.0. The topological polar surface area (TPSA) is 49.8 Å². The third-order valence-corrected chi connectivity index (χ3v) is 4.16. The van der Waals surface area contributed by atoms with Crippen molar-refractivity contribution in [1.82, 2.24) is 9.97 Å². The van der Waals surface area contributed by atoms with Gasteiger partial charge < -0.3 is 10.6 Å². The van der Waals surface area contributed by atoms with E-state index < -0.39 is 0 Å². The first-order valence-corrected chi connectivity index (χ1v) is 8.44. The third kappa shape index (κ3) is 3.65. The molecule has 3 rings (SSSR count). The van der Waals surface area contributed by atoms with Gasteiger partial charge >= 0.3 is 0 Å². The van der Waals surface area contributed by atoms with Gasteiger partial charge in [-0.25, -0.2) is 9.97 Å². The molecular formula is C20H24N4. The lowest BCUT2D eigenvalue weighted by Gasteiger charge is -2.11. The summed E-state index contributed by atoms with van der Waals surface area (Å²) in [6, 6.07) is 14.8. The number of benzene rings is 2. The second-order valence-corrected chi connectivity index (χ2v) is 6.39. The third-order valence-electron chi connectivity index (χ3n) is 4.16. The van der Waals surface area contributed by atoms with Crippen LogP contribution < -0.4 is 10.6 Å². The molecule has 1 heterocycles. The first-order valence-electron chi connectivity index (χ1n) is 8.44. The van der Waals surface area contributed by atoms with Gasteiger partial charge in [-0.2, -0.15) is 0 Å². The highest BCUT2D eigenvalue weighted by Crippen LogP contribution is 2.27. The smallest absolute Gasteiger partial charge is 0.137 e. The second kappa shape index (κ2) is 7.30. The van der Waals surface area contributed by atoms with Gasteiger partial charge in [-0.1, -0.05) is 32.0 Å². The molecule has 0 aliphatic heterocycles. The first kappa shape index (κ1) is 16.2. The molecule has 0 radical (unpaired) electrons. The van der Waals surface area contributed by atoms with Crippen molar-refractivity contribution in [2.45, 2.75) is 20.3 Å². The van der Waals surface area contributed by atoms with E-state index in [0.29, 0.717) is 5.92 Å². The van der Waals surface area contributed by atoms with Gasteiger partial charge in [0.15, 0.2) is 0 Å². The molecule has 0 saturated heterocycles. The maximum Gasteiger partial charge on any atom is 0.137 e. The maximum atomic E-state index is 4.43. The number of nitrogens with zero attached hydrogens (tertiary/aromatic N) is 2. The Morgan fingerprint density at radius 1 is 0.958 bits per heavy atom. The van der Waals surface area contributed by atoms with Crippen LogP contribution >= 0.6 is 0 Å². The fourth-order valence-corrected chi connectivity index (χ4v) is 2.69. The van der Waals surface area contributed by atoms with Crippen molar-refractivity contribution in [1.29, 1.82) is 0 Å². The Bertz CT molecular complexity index is 809. The Labute approximate surface area is 143 Å². The van der Waals surface area contributed by atoms with Crippen LogP contribution in [-0.4, -0.2) is 23.6 Å². The number of hydrogen-bond donors (Lipinski definition) is 2. The van der Waals surface area contributed by atoms with Crippen LogP contribution in [0.2, 0.25) is 0 Å². The molecule has 0 unspecified atom stereocenters. The summed E-state index contributed by atoms with van der Waals surface area (Å²) in [5.74, 6) is 1.58. The van der Waals surface area contributed by atoms with E-state index in [0.717, 1.165) is 35.4 Å². The van der Waals surface area contributed by atoms with Crippen molar-refractivity contribution in [2.24, 2.45) is 5.92 Å². The van der Waals surface area contributed by atoms with E-state index >= 15 is 0 Å². The van der Waals surface area contributed by atoms with Crippen LogP contribution in [0.4, 0.5) is 11.5 Å². The van der Waals surface area contributed by atoms with Gasteiger partial charge in [0, 0.05) is 24.7 Å². The van der Waals surface area contributed by atoms with Crippen molar-refractivity contribution < 1.29 is 0 Å². The van der Waals surface area contributed by atoms with Crippen LogP contribution in [0.25, 0.3) is 22.0 Å². The lowest BCUT2D eigenvalue weighted by Crippen LogP contribution is -2.06. The number of rotatable bonds is 6. The Kier molecular flexibility index (Phi) is 4.94. The van der Waals surface area contributed by atoms with E-state index in [9.17, 15) is 0 Å². The number of nitrogens with one attached hydrogen (secondary N) is 2. The quantitative estimate of drug-likeness (QED) is 0.685. The predicted molar refractivity (Wildman–Crippen MR) is 102 cm³/mol. The van der Waals surface area contributed by atoms with Crippen LogP contribution in [0.15, 0.2) is 48.8 Å². The SMILES string of the molecule is CNc1ccc(-c2ccc3ncnc(NCCC(C)C)c3c2)cc1. The summed E-state index contributed by atoms with van der Waals surface area (Å²) < 4.78 is 0. The minimum Gasteiger partial charge on any atom is -0.388 e. The Morgan fingerprint density at radius 3 is 2.42 bits per heavy atom. The van der Waals surface area contributed by atoms with Crippen molar-refractivity contribution in [3.05, 3.63) is 48.8 Å².